The Morgan fingerprint density at radius 2 is 2.13 bits per heavy atom. The molecule has 0 unspecified atom stereocenters. The van der Waals surface area contributed by atoms with Crippen molar-refractivity contribution >= 4 is 23.5 Å². The van der Waals surface area contributed by atoms with E-state index in [1.165, 1.54) is 0 Å². The van der Waals surface area contributed by atoms with Gasteiger partial charge >= 0.3 is 6.03 Å². The molecule has 0 spiro atoms. The fourth-order valence-corrected chi connectivity index (χ4v) is 3.47. The van der Waals surface area contributed by atoms with Gasteiger partial charge in [-0.25, -0.2) is 4.79 Å². The Morgan fingerprint density at radius 1 is 1.39 bits per heavy atom. The van der Waals surface area contributed by atoms with Crippen molar-refractivity contribution in [2.75, 3.05) is 38.2 Å². The minimum Gasteiger partial charge on any atom is -0.497 e. The monoisotopic (exact) mass is 335 g/mol. The van der Waals surface area contributed by atoms with Crippen molar-refractivity contribution in [3.8, 4) is 5.75 Å². The quantitative estimate of drug-likeness (QED) is 0.913. The lowest BCUT2D eigenvalue weighted by Crippen LogP contribution is -2.46. The van der Waals surface area contributed by atoms with E-state index >= 15 is 0 Å². The summed E-state index contributed by atoms with van der Waals surface area (Å²) in [6.45, 7) is 2.11. The number of methoxy groups -OCH3 is 1. The molecule has 0 radical (unpaired) electrons. The summed E-state index contributed by atoms with van der Waals surface area (Å²) >= 11 is 1.89. The van der Waals surface area contributed by atoms with E-state index in [1.807, 2.05) is 40.9 Å². The van der Waals surface area contributed by atoms with Gasteiger partial charge in [-0.15, -0.1) is 0 Å². The predicted octanol–water partition coefficient (Wildman–Crippen LogP) is 1.95. The van der Waals surface area contributed by atoms with Crippen LogP contribution in [0.1, 0.15) is 12.0 Å². The summed E-state index contributed by atoms with van der Waals surface area (Å²) in [5.41, 5.74) is 1.92. The van der Waals surface area contributed by atoms with Crippen molar-refractivity contribution in [3.63, 3.8) is 0 Å². The van der Waals surface area contributed by atoms with Gasteiger partial charge in [0.2, 0.25) is 0 Å². The van der Waals surface area contributed by atoms with Crippen molar-refractivity contribution in [2.24, 2.45) is 5.16 Å². The molecule has 1 saturated heterocycles. The maximum Gasteiger partial charge on any atom is 0.317 e. The molecule has 0 bridgehead atoms. The van der Waals surface area contributed by atoms with E-state index in [4.69, 9.17) is 9.57 Å². The third-order valence-corrected chi connectivity index (χ3v) is 4.88. The SMILES string of the molecule is COc1ccc(C2=NO[C@H](CNC(=O)N3CCSCC3)C2)cc1. The minimum absolute atomic E-state index is 0.00759. The fraction of sp³-hybridized carbons (Fsp3) is 0.500. The molecule has 0 aromatic heterocycles. The average molecular weight is 335 g/mol. The molecular formula is C16H21N3O3S. The zero-order chi connectivity index (χ0) is 16.1. The number of carbonyl (C=O) groups is 1. The first-order chi connectivity index (χ1) is 11.3. The van der Waals surface area contributed by atoms with Crippen LogP contribution < -0.4 is 10.1 Å². The Hall–Kier alpha value is -1.89. The normalized spacial score (nSPS) is 20.7. The Kier molecular flexibility index (Phi) is 5.27. The van der Waals surface area contributed by atoms with Gasteiger partial charge in [0.25, 0.3) is 0 Å². The first-order valence-electron chi connectivity index (χ1n) is 7.74. The van der Waals surface area contributed by atoms with Gasteiger partial charge in [-0.3, -0.25) is 0 Å². The molecule has 2 heterocycles. The summed E-state index contributed by atoms with van der Waals surface area (Å²) in [5.74, 6) is 2.84. The van der Waals surface area contributed by atoms with Crippen LogP contribution in [0.15, 0.2) is 29.4 Å². The molecule has 2 amide bonds. The van der Waals surface area contributed by atoms with Gasteiger partial charge in [-0.1, -0.05) is 5.16 Å². The Bertz CT molecular complexity index is 570. The lowest BCUT2D eigenvalue weighted by molar-refractivity contribution is 0.0850. The third-order valence-electron chi connectivity index (χ3n) is 3.94. The molecule has 0 saturated carbocycles. The lowest BCUT2D eigenvalue weighted by atomic mass is 10.0. The number of hydrogen-bond donors (Lipinski definition) is 1. The van der Waals surface area contributed by atoms with Gasteiger partial charge < -0.3 is 19.8 Å². The molecule has 1 atom stereocenters. The zero-order valence-electron chi connectivity index (χ0n) is 13.2. The first kappa shape index (κ1) is 16.0. The number of oxime groups is 1. The van der Waals surface area contributed by atoms with E-state index in [0.29, 0.717) is 13.0 Å². The van der Waals surface area contributed by atoms with E-state index in [9.17, 15) is 4.79 Å². The number of carbonyl (C=O) groups excluding carboxylic acids is 1. The number of urea groups is 1. The first-order valence-corrected chi connectivity index (χ1v) is 8.89. The molecule has 1 aromatic carbocycles. The topological polar surface area (TPSA) is 63.2 Å². The van der Waals surface area contributed by atoms with Crippen LogP contribution in [0.2, 0.25) is 0 Å². The highest BCUT2D eigenvalue weighted by atomic mass is 32.2. The molecule has 1 N–H and O–H groups in total. The maximum absolute atomic E-state index is 12.1. The van der Waals surface area contributed by atoms with Gasteiger partial charge in [0.1, 0.15) is 5.75 Å². The largest absolute Gasteiger partial charge is 0.497 e. The molecule has 23 heavy (non-hydrogen) atoms. The molecule has 1 aromatic rings. The number of nitrogens with zero attached hydrogens (tertiary/aromatic N) is 2. The number of benzene rings is 1. The number of amides is 2. The highest BCUT2D eigenvalue weighted by Gasteiger charge is 2.24. The van der Waals surface area contributed by atoms with E-state index in [0.717, 1.165) is 41.6 Å². The third kappa shape index (κ3) is 4.10. The summed E-state index contributed by atoms with van der Waals surface area (Å²) in [6, 6.07) is 7.73. The van der Waals surface area contributed by atoms with Crippen molar-refractivity contribution in [1.82, 2.24) is 10.2 Å². The Morgan fingerprint density at radius 3 is 2.83 bits per heavy atom. The second kappa shape index (κ2) is 7.59. The van der Waals surface area contributed by atoms with Crippen LogP contribution in [-0.4, -0.2) is 61.0 Å². The predicted molar refractivity (Wildman–Crippen MR) is 91.3 cm³/mol. The van der Waals surface area contributed by atoms with E-state index in [-0.39, 0.29) is 12.1 Å². The molecule has 1 fully saturated rings. The summed E-state index contributed by atoms with van der Waals surface area (Å²) in [7, 11) is 1.64. The summed E-state index contributed by atoms with van der Waals surface area (Å²) in [5, 5.41) is 7.08. The van der Waals surface area contributed by atoms with Crippen molar-refractivity contribution < 1.29 is 14.4 Å². The summed E-state index contributed by atoms with van der Waals surface area (Å²) in [4.78, 5) is 19.4. The second-order valence-corrected chi connectivity index (χ2v) is 6.71. The summed E-state index contributed by atoms with van der Waals surface area (Å²) in [6.07, 6.45) is 0.595. The van der Waals surface area contributed by atoms with Crippen LogP contribution in [0.5, 0.6) is 5.75 Å². The number of nitrogens with one attached hydrogen (secondary N) is 1. The van der Waals surface area contributed by atoms with E-state index in [2.05, 4.69) is 10.5 Å². The molecule has 2 aliphatic heterocycles. The minimum atomic E-state index is -0.102. The van der Waals surface area contributed by atoms with Crippen LogP contribution >= 0.6 is 11.8 Å². The van der Waals surface area contributed by atoms with Crippen LogP contribution in [0, 0.1) is 0 Å². The van der Waals surface area contributed by atoms with Crippen molar-refractivity contribution in [1.29, 1.82) is 0 Å². The van der Waals surface area contributed by atoms with Crippen LogP contribution in [0.4, 0.5) is 4.79 Å². The van der Waals surface area contributed by atoms with Gasteiger partial charge in [0.05, 0.1) is 19.4 Å². The number of ether oxygens (including phenoxy) is 1. The van der Waals surface area contributed by atoms with Crippen LogP contribution in [0.3, 0.4) is 0 Å². The van der Waals surface area contributed by atoms with Gasteiger partial charge in [-0.05, 0) is 29.8 Å². The average Bonchev–Trinajstić information content (AvgIpc) is 3.09. The standard InChI is InChI=1S/C16H21N3O3S/c1-21-13-4-2-12(3-5-13)15-10-14(22-18-15)11-17-16(20)19-6-8-23-9-7-19/h2-5,14H,6-11H2,1H3,(H,17,20)/t14-/m0/s1. The smallest absolute Gasteiger partial charge is 0.317 e. The van der Waals surface area contributed by atoms with Gasteiger partial charge in [-0.2, -0.15) is 11.8 Å². The highest BCUT2D eigenvalue weighted by molar-refractivity contribution is 7.99. The number of rotatable bonds is 4. The van der Waals surface area contributed by atoms with Crippen LogP contribution in [0.25, 0.3) is 0 Å². The van der Waals surface area contributed by atoms with E-state index in [1.54, 1.807) is 7.11 Å². The zero-order valence-corrected chi connectivity index (χ0v) is 14.0. The van der Waals surface area contributed by atoms with Crippen molar-refractivity contribution in [3.05, 3.63) is 29.8 Å². The molecule has 6 nitrogen and oxygen atoms in total. The highest BCUT2D eigenvalue weighted by Crippen LogP contribution is 2.19. The molecule has 2 aliphatic rings. The summed E-state index contributed by atoms with van der Waals surface area (Å²) < 4.78 is 5.15. The molecule has 0 aliphatic carbocycles. The van der Waals surface area contributed by atoms with Gasteiger partial charge in [0, 0.05) is 31.0 Å². The van der Waals surface area contributed by atoms with Gasteiger partial charge in [0.15, 0.2) is 6.10 Å². The van der Waals surface area contributed by atoms with Crippen molar-refractivity contribution in [2.45, 2.75) is 12.5 Å². The second-order valence-electron chi connectivity index (χ2n) is 5.48. The molecule has 124 valence electrons. The maximum atomic E-state index is 12.1. The Balaban J connectivity index is 1.46. The Labute approximate surface area is 140 Å². The molecular weight excluding hydrogens is 314 g/mol. The molecule has 7 heteroatoms. The molecule has 3 rings (SSSR count). The fourth-order valence-electron chi connectivity index (χ4n) is 2.57. The number of hydrogen-bond acceptors (Lipinski definition) is 5. The van der Waals surface area contributed by atoms with E-state index < -0.39 is 0 Å². The number of thioether (sulfide) groups is 1. The van der Waals surface area contributed by atoms with Crippen LogP contribution in [-0.2, 0) is 4.84 Å². The lowest BCUT2D eigenvalue weighted by Gasteiger charge is -2.26.